The molecule has 0 bridgehead atoms. The maximum absolute atomic E-state index is 11.4. The van der Waals surface area contributed by atoms with Crippen LogP contribution in [0.3, 0.4) is 0 Å². The second-order valence-corrected chi connectivity index (χ2v) is 3.83. The molecule has 1 heterocycles. The quantitative estimate of drug-likeness (QED) is 0.883. The van der Waals surface area contributed by atoms with Crippen LogP contribution in [0, 0.1) is 0 Å². The Kier molecular flexibility index (Phi) is 3.62. The van der Waals surface area contributed by atoms with Gasteiger partial charge in [-0.1, -0.05) is 12.1 Å². The Balaban J connectivity index is 2.08. The number of ether oxygens (including phenoxy) is 1. The van der Waals surface area contributed by atoms with Gasteiger partial charge in [0.25, 0.3) is 5.91 Å². The van der Waals surface area contributed by atoms with Gasteiger partial charge in [-0.05, 0) is 23.8 Å². The first-order valence-electron chi connectivity index (χ1n) is 5.61. The molecule has 0 radical (unpaired) electrons. The third kappa shape index (κ3) is 2.68. The van der Waals surface area contributed by atoms with Crippen molar-refractivity contribution in [3.05, 3.63) is 47.8 Å². The average Bonchev–Trinajstić information content (AvgIpc) is 2.87. The Morgan fingerprint density at radius 3 is 2.67 bits per heavy atom. The Hall–Kier alpha value is -2.30. The monoisotopic (exact) mass is 245 g/mol. The van der Waals surface area contributed by atoms with Crippen LogP contribution in [0.5, 0.6) is 5.75 Å². The second-order valence-electron chi connectivity index (χ2n) is 3.83. The summed E-state index contributed by atoms with van der Waals surface area (Å²) in [4.78, 5) is 11.4. The van der Waals surface area contributed by atoms with Gasteiger partial charge in [-0.15, -0.1) is 0 Å². The highest BCUT2D eigenvalue weighted by Crippen LogP contribution is 2.12. The highest BCUT2D eigenvalue weighted by atomic mass is 16.5. The van der Waals surface area contributed by atoms with E-state index in [1.54, 1.807) is 31.1 Å². The van der Waals surface area contributed by atoms with E-state index in [0.29, 0.717) is 12.2 Å². The molecule has 0 aliphatic carbocycles. The summed E-state index contributed by atoms with van der Waals surface area (Å²) in [5.41, 5.74) is 1.52. The van der Waals surface area contributed by atoms with Crippen molar-refractivity contribution < 1.29 is 9.53 Å². The average molecular weight is 245 g/mol. The number of aromatic nitrogens is 2. The van der Waals surface area contributed by atoms with E-state index in [1.165, 1.54) is 0 Å². The van der Waals surface area contributed by atoms with Crippen LogP contribution < -0.4 is 10.1 Å². The Morgan fingerprint density at radius 2 is 2.06 bits per heavy atom. The highest BCUT2D eigenvalue weighted by molar-refractivity contribution is 5.91. The van der Waals surface area contributed by atoms with Crippen molar-refractivity contribution >= 4 is 5.91 Å². The molecule has 1 aromatic carbocycles. The van der Waals surface area contributed by atoms with Gasteiger partial charge in [-0.2, -0.15) is 5.10 Å². The molecule has 0 atom stereocenters. The molecule has 1 N–H and O–H groups in total. The molecule has 5 heteroatoms. The molecule has 0 fully saturated rings. The van der Waals surface area contributed by atoms with Crippen LogP contribution >= 0.6 is 0 Å². The Labute approximate surface area is 105 Å². The van der Waals surface area contributed by atoms with Crippen molar-refractivity contribution in [3.8, 4) is 5.75 Å². The van der Waals surface area contributed by atoms with E-state index < -0.39 is 0 Å². The van der Waals surface area contributed by atoms with E-state index in [2.05, 4.69) is 10.4 Å². The number of carbonyl (C=O) groups excluding carboxylic acids is 1. The minimum atomic E-state index is -0.177. The van der Waals surface area contributed by atoms with E-state index in [0.717, 1.165) is 11.3 Å². The minimum absolute atomic E-state index is 0.177. The topological polar surface area (TPSA) is 56.2 Å². The van der Waals surface area contributed by atoms with Crippen molar-refractivity contribution in [3.63, 3.8) is 0 Å². The summed E-state index contributed by atoms with van der Waals surface area (Å²) in [6.07, 6.45) is 1.79. The molecule has 0 saturated carbocycles. The highest BCUT2D eigenvalue weighted by Gasteiger charge is 2.06. The lowest BCUT2D eigenvalue weighted by molar-refractivity contribution is 0.0957. The minimum Gasteiger partial charge on any atom is -0.497 e. The summed E-state index contributed by atoms with van der Waals surface area (Å²) >= 11 is 0. The molecule has 94 valence electrons. The number of hydrogen-bond donors (Lipinski definition) is 1. The van der Waals surface area contributed by atoms with Gasteiger partial charge in [0, 0.05) is 13.2 Å². The summed E-state index contributed by atoms with van der Waals surface area (Å²) < 4.78 is 6.82. The molecule has 1 amide bonds. The zero-order valence-electron chi connectivity index (χ0n) is 10.4. The smallest absolute Gasteiger partial charge is 0.271 e. The molecular formula is C13H15N3O2. The lowest BCUT2D eigenvalue weighted by Gasteiger charge is -2.03. The molecule has 0 spiro atoms. The molecule has 0 saturated heterocycles. The second kappa shape index (κ2) is 5.35. The van der Waals surface area contributed by atoms with Crippen LogP contribution in [0.2, 0.25) is 0 Å². The van der Waals surface area contributed by atoms with Gasteiger partial charge >= 0.3 is 0 Å². The molecule has 1 aromatic heterocycles. The summed E-state index contributed by atoms with van der Waals surface area (Å²) in [5, 5.41) is 6.73. The predicted molar refractivity (Wildman–Crippen MR) is 67.7 cm³/mol. The number of benzene rings is 1. The number of rotatable bonds is 4. The fourth-order valence-electron chi connectivity index (χ4n) is 1.62. The normalized spacial score (nSPS) is 10.1. The predicted octanol–water partition coefficient (Wildman–Crippen LogP) is 1.30. The molecule has 2 aromatic rings. The van der Waals surface area contributed by atoms with Crippen molar-refractivity contribution in [1.82, 2.24) is 15.1 Å². The Morgan fingerprint density at radius 1 is 1.33 bits per heavy atom. The molecule has 0 unspecified atom stereocenters. The van der Waals surface area contributed by atoms with Gasteiger partial charge < -0.3 is 10.1 Å². The SMILES string of the molecule is CNC(=O)c1ccn(Cc2ccc(OC)cc2)n1. The first-order chi connectivity index (χ1) is 8.72. The van der Waals surface area contributed by atoms with Crippen LogP contribution in [0.25, 0.3) is 0 Å². The van der Waals surface area contributed by atoms with Gasteiger partial charge in [0.05, 0.1) is 13.7 Å². The zero-order valence-corrected chi connectivity index (χ0v) is 10.4. The van der Waals surface area contributed by atoms with Crippen molar-refractivity contribution in [1.29, 1.82) is 0 Å². The molecule has 0 aliphatic rings. The third-order valence-corrected chi connectivity index (χ3v) is 2.60. The third-order valence-electron chi connectivity index (χ3n) is 2.60. The molecule has 5 nitrogen and oxygen atoms in total. The maximum atomic E-state index is 11.4. The summed E-state index contributed by atoms with van der Waals surface area (Å²) in [7, 11) is 3.23. The van der Waals surface area contributed by atoms with Crippen LogP contribution in [-0.4, -0.2) is 29.8 Å². The maximum Gasteiger partial charge on any atom is 0.271 e. The molecular weight excluding hydrogens is 230 g/mol. The lowest BCUT2D eigenvalue weighted by Crippen LogP contribution is -2.18. The molecule has 0 aliphatic heterocycles. The van der Waals surface area contributed by atoms with E-state index >= 15 is 0 Å². The number of hydrogen-bond acceptors (Lipinski definition) is 3. The lowest BCUT2D eigenvalue weighted by atomic mass is 10.2. The molecule has 2 rings (SSSR count). The van der Waals surface area contributed by atoms with Crippen LogP contribution in [0.1, 0.15) is 16.1 Å². The van der Waals surface area contributed by atoms with E-state index in [9.17, 15) is 4.79 Å². The fourth-order valence-corrected chi connectivity index (χ4v) is 1.62. The van der Waals surface area contributed by atoms with Gasteiger partial charge in [-0.25, -0.2) is 0 Å². The first-order valence-corrected chi connectivity index (χ1v) is 5.61. The van der Waals surface area contributed by atoms with Gasteiger partial charge in [-0.3, -0.25) is 9.48 Å². The first kappa shape index (κ1) is 12.2. The number of amides is 1. The van der Waals surface area contributed by atoms with Crippen LogP contribution in [0.4, 0.5) is 0 Å². The zero-order chi connectivity index (χ0) is 13.0. The standard InChI is InChI=1S/C13H15N3O2/c1-14-13(17)12-7-8-16(15-12)9-10-3-5-11(18-2)6-4-10/h3-8H,9H2,1-2H3,(H,14,17). The largest absolute Gasteiger partial charge is 0.497 e. The van der Waals surface area contributed by atoms with Crippen molar-refractivity contribution in [2.75, 3.05) is 14.2 Å². The number of nitrogens with one attached hydrogen (secondary N) is 1. The van der Waals surface area contributed by atoms with E-state index in [1.807, 2.05) is 24.3 Å². The summed E-state index contributed by atoms with van der Waals surface area (Å²) in [6.45, 7) is 0.626. The van der Waals surface area contributed by atoms with Gasteiger partial charge in [0.2, 0.25) is 0 Å². The van der Waals surface area contributed by atoms with Gasteiger partial charge in [0.15, 0.2) is 0 Å². The van der Waals surface area contributed by atoms with Crippen molar-refractivity contribution in [2.24, 2.45) is 0 Å². The van der Waals surface area contributed by atoms with Gasteiger partial charge in [0.1, 0.15) is 11.4 Å². The molecule has 18 heavy (non-hydrogen) atoms. The summed E-state index contributed by atoms with van der Waals surface area (Å²) in [6, 6.07) is 9.44. The number of nitrogens with zero attached hydrogens (tertiary/aromatic N) is 2. The van der Waals surface area contributed by atoms with Crippen LogP contribution in [-0.2, 0) is 6.54 Å². The fraction of sp³-hybridized carbons (Fsp3) is 0.231. The van der Waals surface area contributed by atoms with E-state index in [4.69, 9.17) is 4.74 Å². The van der Waals surface area contributed by atoms with Crippen LogP contribution in [0.15, 0.2) is 36.5 Å². The number of carbonyl (C=O) groups is 1. The number of methoxy groups -OCH3 is 1. The van der Waals surface area contributed by atoms with Crippen molar-refractivity contribution in [2.45, 2.75) is 6.54 Å². The Bertz CT molecular complexity index is 531. The van der Waals surface area contributed by atoms with E-state index in [-0.39, 0.29) is 5.91 Å². The summed E-state index contributed by atoms with van der Waals surface area (Å²) in [5.74, 6) is 0.647.